The zero-order valence-electron chi connectivity index (χ0n) is 9.47. The van der Waals surface area contributed by atoms with Gasteiger partial charge in [0.1, 0.15) is 5.69 Å². The molecule has 2 rings (SSSR count). The van der Waals surface area contributed by atoms with Crippen molar-refractivity contribution in [3.8, 4) is 0 Å². The fraction of sp³-hybridized carbons (Fsp3) is 0.500. The van der Waals surface area contributed by atoms with E-state index in [-0.39, 0.29) is 18.4 Å². The second kappa shape index (κ2) is 5.47. The predicted octanol–water partition coefficient (Wildman–Crippen LogP) is 1.58. The highest BCUT2D eigenvalue weighted by Gasteiger charge is 2.24. The summed E-state index contributed by atoms with van der Waals surface area (Å²) in [5, 5.41) is 9.64. The predicted molar refractivity (Wildman–Crippen MR) is 65.0 cm³/mol. The molecule has 0 bridgehead atoms. The van der Waals surface area contributed by atoms with Crippen LogP contribution < -0.4 is 0 Å². The first kappa shape index (κ1) is 12.3. The molecule has 0 aromatic carbocycles. The number of nitrogens with zero attached hydrogens (tertiary/aromatic N) is 2. The largest absolute Gasteiger partial charge is 0.396 e. The van der Waals surface area contributed by atoms with Crippen LogP contribution in [0.5, 0.6) is 0 Å². The Hall–Kier alpha value is -1.13. The molecule has 1 amide bonds. The van der Waals surface area contributed by atoms with E-state index in [9.17, 15) is 4.79 Å². The van der Waals surface area contributed by atoms with Crippen LogP contribution in [0.1, 0.15) is 23.3 Å². The molecule has 1 aromatic rings. The molecular weight excluding hydrogens is 240 g/mol. The molecule has 0 saturated carbocycles. The van der Waals surface area contributed by atoms with Crippen molar-refractivity contribution in [3.05, 3.63) is 29.0 Å². The average Bonchev–Trinajstić information content (AvgIpc) is 2.38. The Labute approximate surface area is 105 Å². The van der Waals surface area contributed by atoms with Gasteiger partial charge in [-0.3, -0.25) is 9.78 Å². The van der Waals surface area contributed by atoms with E-state index in [0.29, 0.717) is 17.3 Å². The van der Waals surface area contributed by atoms with E-state index < -0.39 is 0 Å². The number of carbonyl (C=O) groups excluding carboxylic acids is 1. The monoisotopic (exact) mass is 254 g/mol. The normalized spacial score (nSPS) is 20.4. The molecule has 92 valence electrons. The van der Waals surface area contributed by atoms with Crippen molar-refractivity contribution < 1.29 is 9.90 Å². The highest BCUT2D eigenvalue weighted by Crippen LogP contribution is 2.18. The molecule has 0 radical (unpaired) electrons. The number of rotatable bonds is 2. The van der Waals surface area contributed by atoms with Crippen LogP contribution in [0.3, 0.4) is 0 Å². The molecule has 1 fully saturated rings. The summed E-state index contributed by atoms with van der Waals surface area (Å²) in [5.41, 5.74) is 0.371. The third-order valence-electron chi connectivity index (χ3n) is 3.01. The molecule has 1 N–H and O–H groups in total. The molecule has 1 saturated heterocycles. The average molecular weight is 255 g/mol. The minimum absolute atomic E-state index is 0.106. The number of piperidine rings is 1. The Morgan fingerprint density at radius 1 is 1.65 bits per heavy atom. The lowest BCUT2D eigenvalue weighted by Gasteiger charge is -2.31. The number of hydrogen-bond donors (Lipinski definition) is 1. The highest BCUT2D eigenvalue weighted by molar-refractivity contribution is 6.30. The van der Waals surface area contributed by atoms with Crippen LogP contribution in [0.4, 0.5) is 0 Å². The molecule has 1 atom stereocenters. The second-order valence-corrected chi connectivity index (χ2v) is 4.74. The summed E-state index contributed by atoms with van der Waals surface area (Å²) in [6.45, 7) is 1.46. The van der Waals surface area contributed by atoms with Crippen molar-refractivity contribution in [1.82, 2.24) is 9.88 Å². The lowest BCUT2D eigenvalue weighted by atomic mass is 9.99. The molecule has 1 aliphatic heterocycles. The lowest BCUT2D eigenvalue weighted by molar-refractivity contribution is 0.0615. The van der Waals surface area contributed by atoms with Crippen molar-refractivity contribution in [2.45, 2.75) is 12.8 Å². The summed E-state index contributed by atoms with van der Waals surface area (Å²) in [7, 11) is 0. The van der Waals surface area contributed by atoms with Gasteiger partial charge in [0.25, 0.3) is 5.91 Å². The van der Waals surface area contributed by atoms with Gasteiger partial charge in [0.05, 0.1) is 0 Å². The van der Waals surface area contributed by atoms with Gasteiger partial charge >= 0.3 is 0 Å². The molecule has 5 heteroatoms. The number of hydrogen-bond acceptors (Lipinski definition) is 3. The van der Waals surface area contributed by atoms with Gasteiger partial charge in [-0.05, 0) is 30.9 Å². The minimum Gasteiger partial charge on any atom is -0.396 e. The number of likely N-dealkylation sites (tertiary alicyclic amines) is 1. The molecule has 4 nitrogen and oxygen atoms in total. The summed E-state index contributed by atoms with van der Waals surface area (Å²) in [4.78, 5) is 17.9. The number of amides is 1. The van der Waals surface area contributed by atoms with Crippen LogP contribution >= 0.6 is 11.6 Å². The molecule has 1 aliphatic rings. The van der Waals surface area contributed by atoms with E-state index >= 15 is 0 Å². The van der Waals surface area contributed by atoms with Crippen LogP contribution in [0.15, 0.2) is 18.3 Å². The summed E-state index contributed by atoms with van der Waals surface area (Å²) >= 11 is 5.83. The molecule has 2 heterocycles. The third kappa shape index (κ3) is 2.96. The standard InChI is InChI=1S/C12H15ClN2O2/c13-10-3-4-14-11(6-10)12(17)15-5-1-2-9(7-15)8-16/h3-4,6,9,16H,1-2,5,7-8H2. The number of aromatic nitrogens is 1. The van der Waals surface area contributed by atoms with Crippen molar-refractivity contribution in [3.63, 3.8) is 0 Å². The molecule has 17 heavy (non-hydrogen) atoms. The van der Waals surface area contributed by atoms with Gasteiger partial charge in [-0.15, -0.1) is 0 Å². The van der Waals surface area contributed by atoms with Gasteiger partial charge in [0, 0.05) is 30.9 Å². The SMILES string of the molecule is O=C(c1cc(Cl)ccn1)N1CCCC(CO)C1. The number of halogens is 1. The number of pyridine rings is 1. The Morgan fingerprint density at radius 2 is 2.47 bits per heavy atom. The van der Waals surface area contributed by atoms with E-state index in [2.05, 4.69) is 4.98 Å². The van der Waals surface area contributed by atoms with Gasteiger partial charge < -0.3 is 10.0 Å². The van der Waals surface area contributed by atoms with Crippen molar-refractivity contribution in [2.24, 2.45) is 5.92 Å². The first-order chi connectivity index (χ1) is 8.20. The Morgan fingerprint density at radius 3 is 3.18 bits per heavy atom. The van der Waals surface area contributed by atoms with E-state index in [4.69, 9.17) is 16.7 Å². The van der Waals surface area contributed by atoms with Gasteiger partial charge in [-0.1, -0.05) is 11.6 Å². The van der Waals surface area contributed by atoms with Crippen LogP contribution in [-0.2, 0) is 0 Å². The second-order valence-electron chi connectivity index (χ2n) is 4.30. The van der Waals surface area contributed by atoms with Gasteiger partial charge in [-0.25, -0.2) is 0 Å². The van der Waals surface area contributed by atoms with Crippen LogP contribution in [0, 0.1) is 5.92 Å². The van der Waals surface area contributed by atoms with Crippen molar-refractivity contribution in [2.75, 3.05) is 19.7 Å². The van der Waals surface area contributed by atoms with Gasteiger partial charge in [-0.2, -0.15) is 0 Å². The molecule has 1 unspecified atom stereocenters. The van der Waals surface area contributed by atoms with Crippen LogP contribution in [0.2, 0.25) is 5.02 Å². The fourth-order valence-electron chi connectivity index (χ4n) is 2.08. The van der Waals surface area contributed by atoms with Crippen molar-refractivity contribution in [1.29, 1.82) is 0 Å². The Balaban J connectivity index is 2.09. The highest BCUT2D eigenvalue weighted by atomic mass is 35.5. The summed E-state index contributed by atoms with van der Waals surface area (Å²) in [6.07, 6.45) is 3.43. The lowest BCUT2D eigenvalue weighted by Crippen LogP contribution is -2.41. The topological polar surface area (TPSA) is 53.4 Å². The first-order valence-electron chi connectivity index (χ1n) is 5.72. The number of aliphatic hydroxyl groups is 1. The third-order valence-corrected chi connectivity index (χ3v) is 3.24. The zero-order chi connectivity index (χ0) is 12.3. The maximum atomic E-state index is 12.1. The zero-order valence-corrected chi connectivity index (χ0v) is 10.2. The molecule has 0 spiro atoms. The van der Waals surface area contributed by atoms with Crippen LogP contribution in [-0.4, -0.2) is 40.6 Å². The van der Waals surface area contributed by atoms with Crippen molar-refractivity contribution >= 4 is 17.5 Å². The van der Waals surface area contributed by atoms with Gasteiger partial charge in [0.15, 0.2) is 0 Å². The summed E-state index contributed by atoms with van der Waals surface area (Å²) in [5.74, 6) is 0.0811. The quantitative estimate of drug-likeness (QED) is 0.872. The van der Waals surface area contributed by atoms with Crippen LogP contribution in [0.25, 0.3) is 0 Å². The molecular formula is C12H15ClN2O2. The maximum absolute atomic E-state index is 12.1. The van der Waals surface area contributed by atoms with E-state index in [0.717, 1.165) is 19.4 Å². The molecule has 0 aliphatic carbocycles. The summed E-state index contributed by atoms with van der Waals surface area (Å²) < 4.78 is 0. The number of aliphatic hydroxyl groups excluding tert-OH is 1. The molecule has 1 aromatic heterocycles. The summed E-state index contributed by atoms with van der Waals surface area (Å²) in [6, 6.07) is 3.22. The van der Waals surface area contributed by atoms with Gasteiger partial charge in [0.2, 0.25) is 0 Å². The van der Waals surface area contributed by atoms with E-state index in [1.165, 1.54) is 6.20 Å². The van der Waals surface area contributed by atoms with E-state index in [1.807, 2.05) is 0 Å². The number of carbonyl (C=O) groups is 1. The fourth-order valence-corrected chi connectivity index (χ4v) is 2.24. The Kier molecular flexibility index (Phi) is 3.97. The maximum Gasteiger partial charge on any atom is 0.272 e. The van der Waals surface area contributed by atoms with E-state index in [1.54, 1.807) is 17.0 Å². The minimum atomic E-state index is -0.106. The smallest absolute Gasteiger partial charge is 0.272 e. The first-order valence-corrected chi connectivity index (χ1v) is 6.10. The Bertz CT molecular complexity index is 411.